The van der Waals surface area contributed by atoms with Crippen LogP contribution in [0, 0.1) is 6.92 Å². The molecule has 1 heterocycles. The highest BCUT2D eigenvalue weighted by Crippen LogP contribution is 2.10. The normalized spacial score (nSPS) is 10.8. The summed E-state index contributed by atoms with van der Waals surface area (Å²) in [5.41, 5.74) is 3.56. The number of aryl methyl sites for hydroxylation is 2. The van der Waals surface area contributed by atoms with E-state index in [9.17, 15) is 0 Å². The Kier molecular flexibility index (Phi) is 3.97. The van der Waals surface area contributed by atoms with E-state index in [1.165, 1.54) is 11.3 Å². The van der Waals surface area contributed by atoms with Crippen LogP contribution in [0.5, 0.6) is 0 Å². The molecule has 0 saturated heterocycles. The van der Waals surface area contributed by atoms with Gasteiger partial charge in [-0.2, -0.15) is 5.10 Å². The van der Waals surface area contributed by atoms with E-state index in [1.807, 2.05) is 18.7 Å². The maximum Gasteiger partial charge on any atom is 0.0597 e. The molecule has 0 saturated carbocycles. The topological polar surface area (TPSA) is 29.9 Å². The van der Waals surface area contributed by atoms with Gasteiger partial charge in [0.25, 0.3) is 0 Å². The van der Waals surface area contributed by atoms with Gasteiger partial charge in [-0.1, -0.05) is 28.1 Å². The predicted octanol–water partition coefficient (Wildman–Crippen LogP) is 2.78. The molecule has 0 atom stereocenters. The van der Waals surface area contributed by atoms with Gasteiger partial charge in [-0.3, -0.25) is 4.68 Å². The molecule has 0 unspecified atom stereocenters. The van der Waals surface area contributed by atoms with Crippen molar-refractivity contribution in [3.05, 3.63) is 51.8 Å². The van der Waals surface area contributed by atoms with E-state index in [-0.39, 0.29) is 0 Å². The minimum atomic E-state index is 0.841. The summed E-state index contributed by atoms with van der Waals surface area (Å²) in [5, 5.41) is 7.73. The standard InChI is InChI=1S/C13H16BrN3/c1-10-7-13(17(2)16-10)9-15-8-11-3-5-12(14)6-4-11/h3-7,15H,8-9H2,1-2H3. The molecule has 0 radical (unpaired) electrons. The molecule has 0 aliphatic rings. The lowest BCUT2D eigenvalue weighted by atomic mass is 10.2. The molecule has 1 aromatic heterocycles. The third-order valence-corrected chi connectivity index (χ3v) is 3.18. The van der Waals surface area contributed by atoms with Crippen LogP contribution in [0.2, 0.25) is 0 Å². The highest BCUT2D eigenvalue weighted by molar-refractivity contribution is 9.10. The van der Waals surface area contributed by atoms with Crippen molar-refractivity contribution < 1.29 is 0 Å². The number of aromatic nitrogens is 2. The Labute approximate surface area is 110 Å². The summed E-state index contributed by atoms with van der Waals surface area (Å²) in [5.74, 6) is 0. The molecule has 17 heavy (non-hydrogen) atoms. The Bertz CT molecular complexity index is 488. The van der Waals surface area contributed by atoms with Gasteiger partial charge < -0.3 is 5.32 Å². The summed E-state index contributed by atoms with van der Waals surface area (Å²) < 4.78 is 3.03. The van der Waals surface area contributed by atoms with Crippen molar-refractivity contribution in [3.8, 4) is 0 Å². The zero-order chi connectivity index (χ0) is 12.3. The minimum Gasteiger partial charge on any atom is -0.307 e. The van der Waals surface area contributed by atoms with E-state index in [2.05, 4.69) is 56.7 Å². The van der Waals surface area contributed by atoms with Gasteiger partial charge in [-0.05, 0) is 30.7 Å². The van der Waals surface area contributed by atoms with Gasteiger partial charge in [-0.15, -0.1) is 0 Å². The maximum atomic E-state index is 4.32. The first-order chi connectivity index (χ1) is 8.15. The Hall–Kier alpha value is -1.13. The Morgan fingerprint density at radius 3 is 2.53 bits per heavy atom. The molecular weight excluding hydrogens is 278 g/mol. The van der Waals surface area contributed by atoms with Gasteiger partial charge in [0.1, 0.15) is 0 Å². The molecule has 0 spiro atoms. The number of rotatable bonds is 4. The van der Waals surface area contributed by atoms with E-state index < -0.39 is 0 Å². The lowest BCUT2D eigenvalue weighted by Crippen LogP contribution is -2.15. The first kappa shape index (κ1) is 12.3. The monoisotopic (exact) mass is 293 g/mol. The van der Waals surface area contributed by atoms with Crippen LogP contribution in [0.1, 0.15) is 17.0 Å². The Balaban J connectivity index is 1.87. The maximum absolute atomic E-state index is 4.32. The first-order valence-corrected chi connectivity index (χ1v) is 6.39. The van der Waals surface area contributed by atoms with Gasteiger partial charge in [0.2, 0.25) is 0 Å². The molecule has 0 amide bonds. The Morgan fingerprint density at radius 2 is 1.94 bits per heavy atom. The number of hydrogen-bond donors (Lipinski definition) is 1. The SMILES string of the molecule is Cc1cc(CNCc2ccc(Br)cc2)n(C)n1. The van der Waals surface area contributed by atoms with Crippen molar-refractivity contribution in [1.29, 1.82) is 0 Å². The van der Waals surface area contributed by atoms with Crippen molar-refractivity contribution in [1.82, 2.24) is 15.1 Å². The second-order valence-electron chi connectivity index (χ2n) is 4.13. The van der Waals surface area contributed by atoms with Crippen LogP contribution in [-0.4, -0.2) is 9.78 Å². The molecule has 1 N–H and O–H groups in total. The molecule has 1 aromatic carbocycles. The van der Waals surface area contributed by atoms with Gasteiger partial charge >= 0.3 is 0 Å². The van der Waals surface area contributed by atoms with E-state index in [1.54, 1.807) is 0 Å². The molecule has 0 fully saturated rings. The summed E-state index contributed by atoms with van der Waals surface area (Å²) in [6, 6.07) is 10.5. The van der Waals surface area contributed by atoms with Crippen molar-refractivity contribution in [2.24, 2.45) is 7.05 Å². The van der Waals surface area contributed by atoms with E-state index in [0.717, 1.165) is 23.3 Å². The van der Waals surface area contributed by atoms with Crippen LogP contribution >= 0.6 is 15.9 Å². The van der Waals surface area contributed by atoms with Crippen LogP contribution in [0.15, 0.2) is 34.8 Å². The molecule has 2 aromatic rings. The second-order valence-corrected chi connectivity index (χ2v) is 5.05. The zero-order valence-corrected chi connectivity index (χ0v) is 11.7. The zero-order valence-electron chi connectivity index (χ0n) is 10.1. The van der Waals surface area contributed by atoms with Crippen LogP contribution < -0.4 is 5.32 Å². The average molecular weight is 294 g/mol. The molecule has 4 heteroatoms. The van der Waals surface area contributed by atoms with Gasteiger partial charge in [-0.25, -0.2) is 0 Å². The molecule has 2 rings (SSSR count). The fourth-order valence-corrected chi connectivity index (χ4v) is 2.03. The lowest BCUT2D eigenvalue weighted by Gasteiger charge is -2.05. The van der Waals surface area contributed by atoms with Crippen LogP contribution in [0.3, 0.4) is 0 Å². The van der Waals surface area contributed by atoms with Gasteiger partial charge in [0, 0.05) is 24.6 Å². The largest absolute Gasteiger partial charge is 0.307 e. The lowest BCUT2D eigenvalue weighted by molar-refractivity contribution is 0.624. The predicted molar refractivity (Wildman–Crippen MR) is 72.6 cm³/mol. The third kappa shape index (κ3) is 3.41. The number of halogens is 1. The Morgan fingerprint density at radius 1 is 1.24 bits per heavy atom. The molecule has 0 aliphatic heterocycles. The molecular formula is C13H16BrN3. The third-order valence-electron chi connectivity index (χ3n) is 2.65. The summed E-state index contributed by atoms with van der Waals surface area (Å²) in [6.45, 7) is 3.73. The van der Waals surface area contributed by atoms with Gasteiger partial charge in [0.05, 0.1) is 11.4 Å². The molecule has 3 nitrogen and oxygen atoms in total. The first-order valence-electron chi connectivity index (χ1n) is 5.60. The fraction of sp³-hybridized carbons (Fsp3) is 0.308. The van der Waals surface area contributed by atoms with Crippen LogP contribution in [0.4, 0.5) is 0 Å². The summed E-state index contributed by atoms with van der Waals surface area (Å²) in [6.07, 6.45) is 0. The number of hydrogen-bond acceptors (Lipinski definition) is 2. The summed E-state index contributed by atoms with van der Waals surface area (Å²) >= 11 is 3.43. The second kappa shape index (κ2) is 5.47. The quantitative estimate of drug-likeness (QED) is 0.939. The highest BCUT2D eigenvalue weighted by atomic mass is 79.9. The number of benzene rings is 1. The van der Waals surface area contributed by atoms with Crippen LogP contribution in [-0.2, 0) is 20.1 Å². The number of nitrogens with zero attached hydrogens (tertiary/aromatic N) is 2. The van der Waals surface area contributed by atoms with E-state index in [0.29, 0.717) is 0 Å². The van der Waals surface area contributed by atoms with Crippen molar-refractivity contribution >= 4 is 15.9 Å². The van der Waals surface area contributed by atoms with Crippen molar-refractivity contribution in [3.63, 3.8) is 0 Å². The molecule has 0 bridgehead atoms. The number of nitrogens with one attached hydrogen (secondary N) is 1. The molecule has 90 valence electrons. The van der Waals surface area contributed by atoms with Gasteiger partial charge in [0.15, 0.2) is 0 Å². The highest BCUT2D eigenvalue weighted by Gasteiger charge is 2.01. The summed E-state index contributed by atoms with van der Waals surface area (Å²) in [4.78, 5) is 0. The fourth-order valence-electron chi connectivity index (χ4n) is 1.77. The van der Waals surface area contributed by atoms with Crippen LogP contribution in [0.25, 0.3) is 0 Å². The summed E-state index contributed by atoms with van der Waals surface area (Å²) in [7, 11) is 1.98. The smallest absolute Gasteiger partial charge is 0.0597 e. The van der Waals surface area contributed by atoms with Crippen molar-refractivity contribution in [2.45, 2.75) is 20.0 Å². The minimum absolute atomic E-state index is 0.841. The van der Waals surface area contributed by atoms with E-state index >= 15 is 0 Å². The van der Waals surface area contributed by atoms with Crippen molar-refractivity contribution in [2.75, 3.05) is 0 Å². The average Bonchev–Trinajstić information content (AvgIpc) is 2.60. The molecule has 0 aliphatic carbocycles. The van der Waals surface area contributed by atoms with E-state index in [4.69, 9.17) is 0 Å².